The summed E-state index contributed by atoms with van der Waals surface area (Å²) in [4.78, 5) is 143. The zero-order valence-electron chi connectivity index (χ0n) is 39.1. The third-order valence-electron chi connectivity index (χ3n) is 9.70. The molecule has 0 aliphatic rings. The second kappa shape index (κ2) is 30.8. The molecule has 67 heavy (non-hydrogen) atoms. The lowest BCUT2D eigenvalue weighted by atomic mass is 10.1. The number of nitrogens with two attached hydrogens (primary N) is 4. The van der Waals surface area contributed by atoms with Crippen molar-refractivity contribution < 1.29 is 57.8 Å². The van der Waals surface area contributed by atoms with Gasteiger partial charge in [0.2, 0.25) is 59.1 Å². The number of guanidine groups is 1. The molecule has 0 aromatic rings. The molecule has 0 bridgehead atoms. The Morgan fingerprint density at radius 2 is 0.746 bits per heavy atom. The Labute approximate surface area is 394 Å². The molecule has 0 aliphatic heterocycles. The summed E-state index contributed by atoms with van der Waals surface area (Å²) in [7, 11) is 0. The van der Waals surface area contributed by atoms with Gasteiger partial charge in [-0.05, 0) is 94.0 Å². The minimum atomic E-state index is -1.30. The van der Waals surface area contributed by atoms with Crippen LogP contribution in [0, 0.1) is 0 Å². The number of aliphatic imine (C=N–C) groups is 1. The fraction of sp³-hybridized carbons (Fsp3) is 0.692. The molecule has 28 heteroatoms. The summed E-state index contributed by atoms with van der Waals surface area (Å²) in [5.74, 6) is -9.30. The molecular formula is C39H71N15O12S. The van der Waals surface area contributed by atoms with Crippen LogP contribution in [0.1, 0.15) is 87.5 Å². The Morgan fingerprint density at radius 1 is 0.448 bits per heavy atom. The number of nitrogens with zero attached hydrogens (tertiary/aromatic N) is 1. The van der Waals surface area contributed by atoms with Crippen LogP contribution in [0.3, 0.4) is 0 Å². The Bertz CT molecular complexity index is 1790. The summed E-state index contributed by atoms with van der Waals surface area (Å²) < 4.78 is 0. The minimum absolute atomic E-state index is 0.0985. The van der Waals surface area contributed by atoms with Crippen molar-refractivity contribution in [2.24, 2.45) is 27.9 Å². The maximum absolute atomic E-state index is 13.0. The molecule has 10 amide bonds. The molecule has 19 N–H and O–H groups in total. The molecular weight excluding hydrogens is 903 g/mol. The highest BCUT2D eigenvalue weighted by Crippen LogP contribution is 2.03. The molecule has 380 valence electrons. The smallest absolute Gasteiger partial charge is 0.326 e. The van der Waals surface area contributed by atoms with Gasteiger partial charge in [-0.2, -0.15) is 12.6 Å². The Morgan fingerprint density at radius 3 is 1.04 bits per heavy atom. The minimum Gasteiger partial charge on any atom is -0.480 e. The molecule has 0 heterocycles. The summed E-state index contributed by atoms with van der Waals surface area (Å²) in [5.41, 5.74) is 21.8. The highest BCUT2D eigenvalue weighted by atomic mass is 32.1. The third kappa shape index (κ3) is 23.6. The second-order valence-corrected chi connectivity index (χ2v) is 16.2. The highest BCUT2D eigenvalue weighted by Gasteiger charge is 2.31. The van der Waals surface area contributed by atoms with Crippen molar-refractivity contribution in [2.45, 2.75) is 154 Å². The van der Waals surface area contributed by atoms with Crippen LogP contribution in [0.25, 0.3) is 0 Å². The van der Waals surface area contributed by atoms with Crippen LogP contribution in [0.5, 0.6) is 0 Å². The first-order chi connectivity index (χ1) is 31.2. The number of unbranched alkanes of at least 4 members (excludes halogenated alkanes) is 1. The summed E-state index contributed by atoms with van der Waals surface area (Å²) in [6.07, 6.45) is 1.82. The molecule has 0 unspecified atom stereocenters. The third-order valence-corrected chi connectivity index (χ3v) is 10.1. The predicted molar refractivity (Wildman–Crippen MR) is 247 cm³/mol. The maximum Gasteiger partial charge on any atom is 0.326 e. The van der Waals surface area contributed by atoms with Gasteiger partial charge in [0.1, 0.15) is 60.4 Å². The van der Waals surface area contributed by atoms with E-state index in [4.69, 9.17) is 22.9 Å². The van der Waals surface area contributed by atoms with Gasteiger partial charge in [-0.25, -0.2) is 4.79 Å². The largest absolute Gasteiger partial charge is 0.480 e. The number of carbonyl (C=O) groups excluding carboxylic acids is 10. The summed E-state index contributed by atoms with van der Waals surface area (Å²) in [6, 6.07) is -12.9. The Balaban J connectivity index is 5.01. The normalized spacial score (nSPS) is 15.7. The molecule has 0 rings (SSSR count). The van der Waals surface area contributed by atoms with E-state index >= 15 is 0 Å². The number of carboxylic acid groups (broad SMARTS) is 1. The number of thiol groups is 1. The van der Waals surface area contributed by atoms with Gasteiger partial charge in [0, 0.05) is 12.3 Å². The number of rotatable bonds is 30. The van der Waals surface area contributed by atoms with E-state index < -0.39 is 132 Å². The zero-order chi connectivity index (χ0) is 51.7. The number of aliphatic carboxylic acids is 1. The fourth-order valence-electron chi connectivity index (χ4n) is 5.38. The first-order valence-corrected chi connectivity index (χ1v) is 22.2. The van der Waals surface area contributed by atoms with E-state index in [2.05, 4.69) is 70.8 Å². The number of amides is 10. The van der Waals surface area contributed by atoms with E-state index in [1.54, 1.807) is 0 Å². The quantitative estimate of drug-likeness (QED) is 0.0138. The van der Waals surface area contributed by atoms with Crippen LogP contribution >= 0.6 is 12.6 Å². The average molecular weight is 974 g/mol. The average Bonchev–Trinajstić information content (AvgIpc) is 3.25. The van der Waals surface area contributed by atoms with Gasteiger partial charge in [0.15, 0.2) is 5.96 Å². The maximum atomic E-state index is 13.0. The van der Waals surface area contributed by atoms with Crippen molar-refractivity contribution in [3.63, 3.8) is 0 Å². The highest BCUT2D eigenvalue weighted by molar-refractivity contribution is 7.80. The van der Waals surface area contributed by atoms with E-state index in [-0.39, 0.29) is 31.1 Å². The summed E-state index contributed by atoms with van der Waals surface area (Å²) in [5, 5.41) is 33.4. The number of carboxylic acids is 1. The van der Waals surface area contributed by atoms with Crippen molar-refractivity contribution in [2.75, 3.05) is 18.8 Å². The summed E-state index contributed by atoms with van der Waals surface area (Å²) >= 11 is 4.10. The van der Waals surface area contributed by atoms with Crippen molar-refractivity contribution in [1.82, 2.24) is 53.2 Å². The van der Waals surface area contributed by atoms with Crippen LogP contribution in [-0.4, -0.2) is 161 Å². The number of carbonyl (C=O) groups is 11. The molecule has 27 nitrogen and oxygen atoms in total. The van der Waals surface area contributed by atoms with Crippen molar-refractivity contribution in [3.05, 3.63) is 0 Å². The van der Waals surface area contributed by atoms with Gasteiger partial charge in [-0.3, -0.25) is 52.9 Å². The monoisotopic (exact) mass is 974 g/mol. The number of nitrogens with one attached hydrogen (secondary N) is 10. The Hall–Kier alpha value is -6.29. The molecule has 0 spiro atoms. The molecule has 0 saturated heterocycles. The van der Waals surface area contributed by atoms with Crippen LogP contribution in [0.2, 0.25) is 0 Å². The van der Waals surface area contributed by atoms with E-state index in [0.29, 0.717) is 25.8 Å². The van der Waals surface area contributed by atoms with Gasteiger partial charge in [-0.15, -0.1) is 0 Å². The second-order valence-electron chi connectivity index (χ2n) is 15.8. The zero-order valence-corrected chi connectivity index (χ0v) is 40.0. The lowest BCUT2D eigenvalue weighted by molar-refractivity contribution is -0.142. The lowest BCUT2D eigenvalue weighted by Crippen LogP contribution is -2.59. The van der Waals surface area contributed by atoms with E-state index in [1.165, 1.54) is 55.4 Å². The van der Waals surface area contributed by atoms with Gasteiger partial charge in [0.25, 0.3) is 0 Å². The van der Waals surface area contributed by atoms with Crippen LogP contribution in [0.15, 0.2) is 4.99 Å². The van der Waals surface area contributed by atoms with Crippen LogP contribution in [0.4, 0.5) is 0 Å². The number of hydrogen-bond donors (Lipinski definition) is 16. The molecule has 0 aromatic carbocycles. The van der Waals surface area contributed by atoms with Gasteiger partial charge in [-0.1, -0.05) is 0 Å². The molecule has 0 radical (unpaired) electrons. The molecule has 0 aromatic heterocycles. The topological polar surface area (TPSA) is 445 Å². The Kier molecular flexibility index (Phi) is 27.9. The van der Waals surface area contributed by atoms with Gasteiger partial charge >= 0.3 is 5.97 Å². The fourth-order valence-corrected chi connectivity index (χ4v) is 5.63. The molecule has 0 fully saturated rings. The van der Waals surface area contributed by atoms with Crippen LogP contribution < -0.4 is 76.1 Å². The van der Waals surface area contributed by atoms with Crippen molar-refractivity contribution in [1.29, 1.82) is 0 Å². The number of hydrogen-bond acceptors (Lipinski definition) is 15. The summed E-state index contributed by atoms with van der Waals surface area (Å²) in [6.45, 7) is 11.2. The van der Waals surface area contributed by atoms with Crippen LogP contribution in [-0.2, 0) is 52.7 Å². The molecule has 0 aliphatic carbocycles. The van der Waals surface area contributed by atoms with E-state index in [9.17, 15) is 57.8 Å². The van der Waals surface area contributed by atoms with Crippen molar-refractivity contribution in [3.8, 4) is 0 Å². The van der Waals surface area contributed by atoms with Gasteiger partial charge < -0.3 is 81.2 Å². The van der Waals surface area contributed by atoms with E-state index in [0.717, 1.165) is 0 Å². The first kappa shape index (κ1) is 60.7. The van der Waals surface area contributed by atoms with Crippen molar-refractivity contribution >= 4 is 83.6 Å². The molecule has 0 saturated carbocycles. The standard InChI is InChI=1S/C39H71N15O12S/c1-17(47-32(59)21(5)51-36(63)25(41)12-11-15-44-39(42)43)28(55)46-20(4)31(58)50-24(8)35(62)54-27(16-67)37(64)52-22(6)33(60)48-18(2)29(56)45-19(3)30(57)49-23(7)34(61)53-26(38(65)66)13-9-10-14-40/h17-27,67H,9-16,40-41H2,1-8H3,(H,45,56)(H,46,55)(H,47,59)(H,48,60)(H,49,57)(H,50,58)(H,51,63)(H,52,64)(H,53,61)(H,54,62)(H,65,66)(H4,42,43,44)/t17-,18-,19-,20-,21-,22-,23-,24-,25-,26-,27-/m0/s1. The predicted octanol–water partition coefficient (Wildman–Crippen LogP) is -6.48. The van der Waals surface area contributed by atoms with Gasteiger partial charge in [0.05, 0.1) is 6.04 Å². The SMILES string of the molecule is C[C@H](NC(=O)[C@H](C)NC(=O)[C@H](C)NC(=O)[C@H](CS)NC(=O)[C@H](C)NC(=O)[C@H](C)NC(=O)[C@H](C)NC(=O)[C@H](C)NC(=O)[C@@H](N)CCCN=C(N)N)C(=O)N[C@@H](C)C(=O)N[C@@H](CCCCN)C(=O)O. The molecule has 11 atom stereocenters. The lowest BCUT2D eigenvalue weighted by Gasteiger charge is -2.24. The van der Waals surface area contributed by atoms with E-state index in [1.807, 2.05) is 0 Å². The first-order valence-electron chi connectivity index (χ1n) is 21.5.